The van der Waals surface area contributed by atoms with Crippen LogP contribution < -0.4 is 14.9 Å². The molecule has 0 saturated carbocycles. The molecule has 2 N–H and O–H groups in total. The molecule has 4 nitrogen and oxygen atoms in total. The highest BCUT2D eigenvalue weighted by Crippen LogP contribution is 2.17. The van der Waals surface area contributed by atoms with Gasteiger partial charge in [-0.25, -0.2) is 8.78 Å². The van der Waals surface area contributed by atoms with Crippen LogP contribution >= 0.6 is 0 Å². The Morgan fingerprint density at radius 2 is 1.81 bits per heavy atom. The Balaban J connectivity index is 2.12. The maximum Gasteiger partial charge on any atom is 0.492 e. The number of halogens is 2. The van der Waals surface area contributed by atoms with E-state index in [0.29, 0.717) is 11.3 Å². The molecule has 0 aromatic heterocycles. The standard InChI is InChI=1S/C14H13BF2O4/c1-20-14-5-2-9(6-11(14)15(18)19)8-21-10-3-4-12(16)13(17)7-10/h2-7,18-19H,8H2,1H3. The fourth-order valence-corrected chi connectivity index (χ4v) is 1.81. The van der Waals surface area contributed by atoms with Crippen LogP contribution in [0.15, 0.2) is 36.4 Å². The van der Waals surface area contributed by atoms with Crippen LogP contribution in [-0.4, -0.2) is 24.3 Å². The molecule has 0 aliphatic rings. The van der Waals surface area contributed by atoms with Crippen LogP contribution in [-0.2, 0) is 6.61 Å². The zero-order valence-electron chi connectivity index (χ0n) is 11.2. The van der Waals surface area contributed by atoms with E-state index >= 15 is 0 Å². The van der Waals surface area contributed by atoms with Crippen LogP contribution in [0.1, 0.15) is 5.56 Å². The smallest absolute Gasteiger partial charge is 0.492 e. The van der Waals surface area contributed by atoms with Gasteiger partial charge >= 0.3 is 7.12 Å². The second kappa shape index (κ2) is 6.56. The summed E-state index contributed by atoms with van der Waals surface area (Å²) in [7, 11) is -0.262. The van der Waals surface area contributed by atoms with Crippen molar-refractivity contribution in [3.05, 3.63) is 53.6 Å². The molecule has 0 amide bonds. The average molecular weight is 294 g/mol. The first-order chi connectivity index (χ1) is 10.0. The van der Waals surface area contributed by atoms with Crippen molar-refractivity contribution in [3.8, 4) is 11.5 Å². The number of rotatable bonds is 5. The van der Waals surface area contributed by atoms with E-state index in [0.717, 1.165) is 12.1 Å². The summed E-state index contributed by atoms with van der Waals surface area (Å²) in [4.78, 5) is 0. The summed E-state index contributed by atoms with van der Waals surface area (Å²) in [5.74, 6) is -1.43. The van der Waals surface area contributed by atoms with Gasteiger partial charge in [-0.1, -0.05) is 12.1 Å². The van der Waals surface area contributed by atoms with Crippen molar-refractivity contribution in [1.82, 2.24) is 0 Å². The number of benzene rings is 2. The molecule has 0 spiro atoms. The van der Waals surface area contributed by atoms with Crippen molar-refractivity contribution in [1.29, 1.82) is 0 Å². The van der Waals surface area contributed by atoms with Crippen molar-refractivity contribution >= 4 is 12.6 Å². The third-order valence-electron chi connectivity index (χ3n) is 2.87. The molecular formula is C14H13BF2O4. The van der Waals surface area contributed by atoms with Gasteiger partial charge in [-0.2, -0.15) is 0 Å². The van der Waals surface area contributed by atoms with Gasteiger partial charge in [-0.15, -0.1) is 0 Å². The van der Waals surface area contributed by atoms with Crippen LogP contribution in [0.5, 0.6) is 11.5 Å². The molecule has 0 bridgehead atoms. The largest absolute Gasteiger partial charge is 0.497 e. The van der Waals surface area contributed by atoms with Crippen molar-refractivity contribution in [3.63, 3.8) is 0 Å². The van der Waals surface area contributed by atoms with E-state index in [4.69, 9.17) is 9.47 Å². The minimum absolute atomic E-state index is 0.0643. The lowest BCUT2D eigenvalue weighted by Gasteiger charge is -2.11. The van der Waals surface area contributed by atoms with Crippen LogP contribution in [0.4, 0.5) is 8.78 Å². The number of methoxy groups -OCH3 is 1. The lowest BCUT2D eigenvalue weighted by molar-refractivity contribution is 0.303. The summed E-state index contributed by atoms with van der Waals surface area (Å²) < 4.78 is 36.1. The molecule has 2 aromatic rings. The van der Waals surface area contributed by atoms with Crippen LogP contribution in [0.25, 0.3) is 0 Å². The molecule has 2 rings (SSSR count). The van der Waals surface area contributed by atoms with E-state index in [2.05, 4.69) is 0 Å². The monoisotopic (exact) mass is 294 g/mol. The first-order valence-electron chi connectivity index (χ1n) is 6.12. The second-order valence-corrected chi connectivity index (χ2v) is 4.31. The average Bonchev–Trinajstić information content (AvgIpc) is 2.48. The van der Waals surface area contributed by atoms with E-state index in [-0.39, 0.29) is 17.8 Å². The highest BCUT2D eigenvalue weighted by atomic mass is 19.2. The highest BCUT2D eigenvalue weighted by molar-refractivity contribution is 6.59. The van der Waals surface area contributed by atoms with Gasteiger partial charge < -0.3 is 19.5 Å². The SMILES string of the molecule is COc1ccc(COc2ccc(F)c(F)c2)cc1B(O)O. The maximum atomic E-state index is 13.0. The summed E-state index contributed by atoms with van der Waals surface area (Å²) in [6.07, 6.45) is 0. The Bertz CT molecular complexity index is 634. The molecule has 0 atom stereocenters. The van der Waals surface area contributed by atoms with E-state index in [9.17, 15) is 18.8 Å². The number of hydrogen-bond donors (Lipinski definition) is 2. The van der Waals surface area contributed by atoms with Crippen LogP contribution in [0.3, 0.4) is 0 Å². The Morgan fingerprint density at radius 3 is 2.43 bits per heavy atom. The normalized spacial score (nSPS) is 10.3. The quantitative estimate of drug-likeness (QED) is 0.814. The van der Waals surface area contributed by atoms with Crippen molar-refractivity contribution < 1.29 is 28.3 Å². The summed E-state index contributed by atoms with van der Waals surface area (Å²) in [6.45, 7) is 0.0643. The zero-order chi connectivity index (χ0) is 15.4. The lowest BCUT2D eigenvalue weighted by atomic mass is 9.79. The van der Waals surface area contributed by atoms with Crippen molar-refractivity contribution in [2.45, 2.75) is 6.61 Å². The van der Waals surface area contributed by atoms with E-state index in [1.54, 1.807) is 12.1 Å². The first kappa shape index (κ1) is 15.3. The molecule has 0 aliphatic heterocycles. The summed E-state index contributed by atoms with van der Waals surface area (Å²) in [6, 6.07) is 7.97. The topological polar surface area (TPSA) is 58.9 Å². The van der Waals surface area contributed by atoms with Crippen LogP contribution in [0, 0.1) is 11.6 Å². The van der Waals surface area contributed by atoms with E-state index < -0.39 is 18.8 Å². The lowest BCUT2D eigenvalue weighted by Crippen LogP contribution is -2.31. The van der Waals surface area contributed by atoms with E-state index in [1.807, 2.05) is 0 Å². The highest BCUT2D eigenvalue weighted by Gasteiger charge is 2.17. The summed E-state index contributed by atoms with van der Waals surface area (Å²) in [5, 5.41) is 18.5. The first-order valence-corrected chi connectivity index (χ1v) is 6.12. The molecule has 0 unspecified atom stereocenters. The van der Waals surface area contributed by atoms with Gasteiger partial charge in [-0.3, -0.25) is 0 Å². The van der Waals surface area contributed by atoms with Gasteiger partial charge in [0.15, 0.2) is 11.6 Å². The second-order valence-electron chi connectivity index (χ2n) is 4.31. The molecule has 0 saturated heterocycles. The minimum atomic E-state index is -1.68. The predicted octanol–water partition coefficient (Wildman–Crippen LogP) is 1.23. The van der Waals surface area contributed by atoms with Gasteiger partial charge in [0.2, 0.25) is 0 Å². The van der Waals surface area contributed by atoms with Crippen molar-refractivity contribution in [2.24, 2.45) is 0 Å². The molecule has 110 valence electrons. The summed E-state index contributed by atoms with van der Waals surface area (Å²) >= 11 is 0. The molecule has 0 heterocycles. The predicted molar refractivity (Wildman–Crippen MR) is 73.5 cm³/mol. The van der Waals surface area contributed by atoms with Gasteiger partial charge in [0.1, 0.15) is 18.1 Å². The summed E-state index contributed by atoms with van der Waals surface area (Å²) in [5.41, 5.74) is 0.826. The fourth-order valence-electron chi connectivity index (χ4n) is 1.81. The van der Waals surface area contributed by atoms with Gasteiger partial charge in [-0.05, 0) is 23.8 Å². The zero-order valence-corrected chi connectivity index (χ0v) is 11.2. The number of hydrogen-bond acceptors (Lipinski definition) is 4. The Labute approximate surface area is 120 Å². The Hall–Kier alpha value is -2.12. The molecule has 7 heteroatoms. The molecule has 21 heavy (non-hydrogen) atoms. The molecular weight excluding hydrogens is 281 g/mol. The third-order valence-corrected chi connectivity index (χ3v) is 2.87. The van der Waals surface area contributed by atoms with Crippen molar-refractivity contribution in [2.75, 3.05) is 7.11 Å². The minimum Gasteiger partial charge on any atom is -0.497 e. The Kier molecular flexibility index (Phi) is 4.77. The third kappa shape index (κ3) is 3.71. The Morgan fingerprint density at radius 1 is 1.05 bits per heavy atom. The van der Waals surface area contributed by atoms with Crippen LogP contribution in [0.2, 0.25) is 0 Å². The van der Waals surface area contributed by atoms with Gasteiger partial charge in [0, 0.05) is 11.5 Å². The van der Waals surface area contributed by atoms with E-state index in [1.165, 1.54) is 19.2 Å². The molecule has 0 fully saturated rings. The van der Waals surface area contributed by atoms with Gasteiger partial charge in [0.05, 0.1) is 7.11 Å². The number of ether oxygens (including phenoxy) is 2. The molecule has 0 aliphatic carbocycles. The molecule has 2 aromatic carbocycles. The maximum absolute atomic E-state index is 13.0. The van der Waals surface area contributed by atoms with Gasteiger partial charge in [0.25, 0.3) is 0 Å². The molecule has 0 radical (unpaired) electrons. The fraction of sp³-hybridized carbons (Fsp3) is 0.143.